The molecule has 2 rings (SSSR count). The molecule has 0 aliphatic carbocycles. The molecule has 4 heteroatoms. The summed E-state index contributed by atoms with van der Waals surface area (Å²) in [7, 11) is 2.04. The third kappa shape index (κ3) is 4.45. The molecule has 1 heterocycles. The van der Waals surface area contributed by atoms with E-state index in [0.29, 0.717) is 0 Å². The first-order valence-corrected chi connectivity index (χ1v) is 7.60. The zero-order chi connectivity index (χ0) is 15.2. The van der Waals surface area contributed by atoms with Crippen LogP contribution >= 0.6 is 11.6 Å². The van der Waals surface area contributed by atoms with Crippen LogP contribution in [0.4, 0.5) is 5.82 Å². The van der Waals surface area contributed by atoms with E-state index >= 15 is 0 Å². The highest BCUT2D eigenvalue weighted by atomic mass is 35.5. The summed E-state index contributed by atoms with van der Waals surface area (Å²) in [5.74, 6) is 0.975. The van der Waals surface area contributed by atoms with Crippen molar-refractivity contribution in [1.29, 1.82) is 0 Å². The first-order chi connectivity index (χ1) is 10.1. The van der Waals surface area contributed by atoms with E-state index in [0.717, 1.165) is 41.7 Å². The smallest absolute Gasteiger partial charge is 0.129 e. The number of halogens is 1. The van der Waals surface area contributed by atoms with Crippen LogP contribution in [0.1, 0.15) is 23.7 Å². The number of hydrogen-bond donors (Lipinski definition) is 1. The molecule has 2 aromatic rings. The van der Waals surface area contributed by atoms with Gasteiger partial charge in [0, 0.05) is 30.9 Å². The summed E-state index contributed by atoms with van der Waals surface area (Å²) in [6, 6.07) is 12.2. The summed E-state index contributed by atoms with van der Waals surface area (Å²) in [5.41, 5.74) is 3.40. The number of nitrogens with zero attached hydrogens (tertiary/aromatic N) is 2. The largest absolute Gasteiger partial charge is 0.355 e. The molecular formula is C17H22ClN3. The number of anilines is 1. The predicted molar refractivity (Wildman–Crippen MR) is 89.9 cm³/mol. The summed E-state index contributed by atoms with van der Waals surface area (Å²) in [5, 5.41) is 4.15. The fourth-order valence-corrected chi connectivity index (χ4v) is 2.45. The number of benzene rings is 1. The molecule has 0 aliphatic heterocycles. The maximum atomic E-state index is 6.23. The second kappa shape index (κ2) is 7.43. The molecule has 0 amide bonds. The lowest BCUT2D eigenvalue weighted by Gasteiger charge is -2.20. The molecule has 0 atom stereocenters. The summed E-state index contributed by atoms with van der Waals surface area (Å²) < 4.78 is 0. The van der Waals surface area contributed by atoms with E-state index in [9.17, 15) is 0 Å². The van der Waals surface area contributed by atoms with E-state index < -0.39 is 0 Å². The highest BCUT2D eigenvalue weighted by Crippen LogP contribution is 2.20. The van der Waals surface area contributed by atoms with Crippen molar-refractivity contribution < 1.29 is 0 Å². The molecule has 1 N–H and O–H groups in total. The number of rotatable bonds is 6. The fraction of sp³-hybridized carbons (Fsp3) is 0.353. The van der Waals surface area contributed by atoms with Crippen LogP contribution in [0, 0.1) is 6.92 Å². The molecule has 0 fully saturated rings. The van der Waals surface area contributed by atoms with E-state index in [1.807, 2.05) is 38.2 Å². The highest BCUT2D eigenvalue weighted by molar-refractivity contribution is 6.31. The Balaban J connectivity index is 2.16. The number of pyridine rings is 1. The Labute approximate surface area is 132 Å². The first-order valence-electron chi connectivity index (χ1n) is 7.23. The third-order valence-corrected chi connectivity index (χ3v) is 3.70. The summed E-state index contributed by atoms with van der Waals surface area (Å²) >= 11 is 6.23. The topological polar surface area (TPSA) is 28.2 Å². The van der Waals surface area contributed by atoms with Crippen molar-refractivity contribution in [1.82, 2.24) is 10.3 Å². The Kier molecular flexibility index (Phi) is 5.59. The van der Waals surface area contributed by atoms with Crippen LogP contribution in [0.5, 0.6) is 0 Å². The maximum absolute atomic E-state index is 6.23. The molecule has 3 nitrogen and oxygen atoms in total. The van der Waals surface area contributed by atoms with Gasteiger partial charge in [0.25, 0.3) is 0 Å². The Morgan fingerprint density at radius 2 is 2.00 bits per heavy atom. The second-order valence-corrected chi connectivity index (χ2v) is 5.61. The summed E-state index contributed by atoms with van der Waals surface area (Å²) in [6.45, 7) is 6.72. The molecule has 0 unspecified atom stereocenters. The first kappa shape index (κ1) is 15.8. The minimum Gasteiger partial charge on any atom is -0.355 e. The van der Waals surface area contributed by atoms with Crippen LogP contribution < -0.4 is 10.2 Å². The van der Waals surface area contributed by atoms with Crippen LogP contribution in [-0.4, -0.2) is 18.6 Å². The molecular weight excluding hydrogens is 282 g/mol. The number of nitrogens with one attached hydrogen (secondary N) is 1. The number of aromatic nitrogens is 1. The van der Waals surface area contributed by atoms with E-state index in [1.54, 1.807) is 0 Å². The van der Waals surface area contributed by atoms with Crippen LogP contribution in [0.25, 0.3) is 0 Å². The van der Waals surface area contributed by atoms with E-state index in [4.69, 9.17) is 11.6 Å². The molecule has 0 radical (unpaired) electrons. The Morgan fingerprint density at radius 1 is 1.24 bits per heavy atom. The zero-order valence-corrected chi connectivity index (χ0v) is 13.6. The minimum atomic E-state index is 0.747. The SMILES string of the molecule is CCNCc1cc(C)nc(N(C)Cc2ccccc2Cl)c1. The average molecular weight is 304 g/mol. The number of hydrogen-bond acceptors (Lipinski definition) is 3. The van der Waals surface area contributed by atoms with Gasteiger partial charge in [0.15, 0.2) is 0 Å². The van der Waals surface area contributed by atoms with Crippen LogP contribution in [0.2, 0.25) is 5.02 Å². The van der Waals surface area contributed by atoms with Gasteiger partial charge in [-0.2, -0.15) is 0 Å². The predicted octanol–water partition coefficient (Wildman–Crippen LogP) is 3.79. The van der Waals surface area contributed by atoms with Crippen molar-refractivity contribution in [2.75, 3.05) is 18.5 Å². The lowest BCUT2D eigenvalue weighted by Crippen LogP contribution is -2.19. The van der Waals surface area contributed by atoms with Gasteiger partial charge in [0.1, 0.15) is 5.82 Å². The Bertz CT molecular complexity index is 598. The monoisotopic (exact) mass is 303 g/mol. The average Bonchev–Trinajstić information content (AvgIpc) is 2.47. The van der Waals surface area contributed by atoms with Crippen LogP contribution in [0.15, 0.2) is 36.4 Å². The quantitative estimate of drug-likeness (QED) is 0.880. The molecule has 21 heavy (non-hydrogen) atoms. The van der Waals surface area contributed by atoms with Crippen LogP contribution in [0.3, 0.4) is 0 Å². The van der Waals surface area contributed by atoms with Crippen molar-refractivity contribution in [3.8, 4) is 0 Å². The lowest BCUT2D eigenvalue weighted by molar-refractivity contribution is 0.724. The van der Waals surface area contributed by atoms with Gasteiger partial charge < -0.3 is 10.2 Å². The zero-order valence-electron chi connectivity index (χ0n) is 12.9. The molecule has 1 aromatic heterocycles. The van der Waals surface area contributed by atoms with Crippen molar-refractivity contribution in [3.63, 3.8) is 0 Å². The second-order valence-electron chi connectivity index (χ2n) is 5.20. The van der Waals surface area contributed by atoms with Gasteiger partial charge in [-0.3, -0.25) is 0 Å². The number of aryl methyl sites for hydroxylation is 1. The Hall–Kier alpha value is -1.58. The summed E-state index contributed by atoms with van der Waals surface area (Å²) in [4.78, 5) is 6.75. The normalized spacial score (nSPS) is 10.7. The highest BCUT2D eigenvalue weighted by Gasteiger charge is 2.08. The fourth-order valence-electron chi connectivity index (χ4n) is 2.25. The van der Waals surface area contributed by atoms with Crippen LogP contribution in [-0.2, 0) is 13.1 Å². The molecule has 0 bridgehead atoms. The van der Waals surface area contributed by atoms with Crippen molar-refractivity contribution in [2.45, 2.75) is 26.9 Å². The third-order valence-electron chi connectivity index (χ3n) is 3.34. The van der Waals surface area contributed by atoms with Gasteiger partial charge in [0.05, 0.1) is 0 Å². The molecule has 0 spiro atoms. The maximum Gasteiger partial charge on any atom is 0.129 e. The van der Waals surface area contributed by atoms with Crippen molar-refractivity contribution in [2.24, 2.45) is 0 Å². The van der Waals surface area contributed by atoms with Crippen molar-refractivity contribution in [3.05, 3.63) is 58.2 Å². The molecule has 112 valence electrons. The van der Waals surface area contributed by atoms with Gasteiger partial charge >= 0.3 is 0 Å². The molecule has 0 saturated heterocycles. The minimum absolute atomic E-state index is 0.747. The molecule has 0 saturated carbocycles. The van der Waals surface area contributed by atoms with Gasteiger partial charge in [-0.1, -0.05) is 36.7 Å². The lowest BCUT2D eigenvalue weighted by atomic mass is 10.2. The van der Waals surface area contributed by atoms with Gasteiger partial charge in [-0.25, -0.2) is 4.98 Å². The Morgan fingerprint density at radius 3 is 2.71 bits per heavy atom. The van der Waals surface area contributed by atoms with E-state index in [2.05, 4.69) is 34.3 Å². The van der Waals surface area contributed by atoms with Crippen molar-refractivity contribution >= 4 is 17.4 Å². The van der Waals surface area contributed by atoms with E-state index in [-0.39, 0.29) is 0 Å². The van der Waals surface area contributed by atoms with Gasteiger partial charge in [-0.05, 0) is 42.8 Å². The van der Waals surface area contributed by atoms with Gasteiger partial charge in [0.2, 0.25) is 0 Å². The summed E-state index contributed by atoms with van der Waals surface area (Å²) in [6.07, 6.45) is 0. The van der Waals surface area contributed by atoms with E-state index in [1.165, 1.54) is 5.56 Å². The molecule has 0 aliphatic rings. The standard InChI is InChI=1S/C17H22ClN3/c1-4-19-11-14-9-13(2)20-17(10-14)21(3)12-15-7-5-6-8-16(15)18/h5-10,19H,4,11-12H2,1-3H3. The van der Waals surface area contributed by atoms with Gasteiger partial charge in [-0.15, -0.1) is 0 Å². The molecule has 1 aromatic carbocycles.